The maximum Gasteiger partial charge on any atom is 0.0900 e. The standard InChI is InChI=1S/C19H27N3O3/c1-21(14-18(23)15-25-19-7-9-24-10-8-19)12-16-11-20-22(13-16)17-5-3-2-4-6-17/h2-6,11,13,18-19,23H,7-10,12,14-15H2,1H3. The molecular weight excluding hydrogens is 318 g/mol. The van der Waals surface area contributed by atoms with Crippen LogP contribution < -0.4 is 0 Å². The molecule has 1 atom stereocenters. The predicted octanol–water partition coefficient (Wildman–Crippen LogP) is 1.86. The van der Waals surface area contributed by atoms with E-state index in [1.165, 1.54) is 0 Å². The van der Waals surface area contributed by atoms with Gasteiger partial charge in [-0.2, -0.15) is 5.10 Å². The number of aromatic nitrogens is 2. The van der Waals surface area contributed by atoms with Gasteiger partial charge in [-0.15, -0.1) is 0 Å². The van der Waals surface area contributed by atoms with Crippen LogP contribution in [0.4, 0.5) is 0 Å². The Hall–Kier alpha value is -1.73. The Bertz CT molecular complexity index is 626. The SMILES string of the molecule is CN(Cc1cnn(-c2ccccc2)c1)CC(O)COC1CCOCC1. The van der Waals surface area contributed by atoms with Crippen LogP contribution in [0.1, 0.15) is 18.4 Å². The number of rotatable bonds is 8. The lowest BCUT2D eigenvalue weighted by Crippen LogP contribution is -2.34. The molecule has 1 aromatic heterocycles. The molecule has 2 heterocycles. The molecule has 0 spiro atoms. The number of benzene rings is 1. The van der Waals surface area contributed by atoms with E-state index in [2.05, 4.69) is 10.00 Å². The summed E-state index contributed by atoms with van der Waals surface area (Å²) in [6.07, 6.45) is 5.46. The van der Waals surface area contributed by atoms with E-state index in [9.17, 15) is 5.11 Å². The van der Waals surface area contributed by atoms with Crippen molar-refractivity contribution in [1.29, 1.82) is 0 Å². The van der Waals surface area contributed by atoms with Gasteiger partial charge in [0.1, 0.15) is 0 Å². The molecule has 2 aromatic rings. The molecule has 6 heteroatoms. The van der Waals surface area contributed by atoms with Gasteiger partial charge < -0.3 is 14.6 Å². The van der Waals surface area contributed by atoms with Crippen molar-refractivity contribution in [3.8, 4) is 5.69 Å². The maximum atomic E-state index is 10.2. The highest BCUT2D eigenvalue weighted by atomic mass is 16.5. The third kappa shape index (κ3) is 5.64. The van der Waals surface area contributed by atoms with Crippen LogP contribution in [0, 0.1) is 0 Å². The van der Waals surface area contributed by atoms with E-state index in [1.807, 2.05) is 54.5 Å². The zero-order valence-electron chi connectivity index (χ0n) is 14.8. The van der Waals surface area contributed by atoms with E-state index < -0.39 is 6.10 Å². The normalized spacial score (nSPS) is 17.1. The van der Waals surface area contributed by atoms with E-state index in [1.54, 1.807) is 0 Å². The van der Waals surface area contributed by atoms with Crippen LogP contribution in [0.3, 0.4) is 0 Å². The summed E-state index contributed by atoms with van der Waals surface area (Å²) in [7, 11) is 2.00. The van der Waals surface area contributed by atoms with Gasteiger partial charge in [0.05, 0.1) is 30.7 Å². The predicted molar refractivity (Wildman–Crippen MR) is 95.7 cm³/mol. The molecule has 1 N–H and O–H groups in total. The molecule has 1 unspecified atom stereocenters. The molecule has 0 aliphatic carbocycles. The van der Waals surface area contributed by atoms with Crippen molar-refractivity contribution in [3.63, 3.8) is 0 Å². The molecule has 1 aromatic carbocycles. The van der Waals surface area contributed by atoms with Crippen molar-refractivity contribution < 1.29 is 14.6 Å². The first-order chi connectivity index (χ1) is 12.2. The Morgan fingerprint density at radius 3 is 2.84 bits per heavy atom. The van der Waals surface area contributed by atoms with E-state index >= 15 is 0 Å². The third-order valence-electron chi connectivity index (χ3n) is 4.32. The molecule has 0 saturated carbocycles. The lowest BCUT2D eigenvalue weighted by molar-refractivity contribution is -0.0634. The number of likely N-dealkylation sites (N-methyl/N-ethyl adjacent to an activating group) is 1. The van der Waals surface area contributed by atoms with Crippen LogP contribution in [0.2, 0.25) is 0 Å². The molecule has 0 amide bonds. The molecule has 0 bridgehead atoms. The van der Waals surface area contributed by atoms with Crippen LogP contribution in [0.25, 0.3) is 5.69 Å². The third-order valence-corrected chi connectivity index (χ3v) is 4.32. The van der Waals surface area contributed by atoms with Gasteiger partial charge in [-0.05, 0) is 32.0 Å². The van der Waals surface area contributed by atoms with Gasteiger partial charge in [-0.3, -0.25) is 4.90 Å². The molecular formula is C19H27N3O3. The molecule has 1 aliphatic rings. The smallest absolute Gasteiger partial charge is 0.0900 e. The number of aliphatic hydroxyl groups is 1. The van der Waals surface area contributed by atoms with Gasteiger partial charge in [-0.1, -0.05) is 18.2 Å². The van der Waals surface area contributed by atoms with Crippen molar-refractivity contribution in [2.75, 3.05) is 33.4 Å². The Morgan fingerprint density at radius 2 is 2.08 bits per heavy atom. The van der Waals surface area contributed by atoms with Gasteiger partial charge in [0.25, 0.3) is 0 Å². The molecule has 0 radical (unpaired) electrons. The minimum atomic E-state index is -0.489. The van der Waals surface area contributed by atoms with E-state index in [4.69, 9.17) is 9.47 Å². The quantitative estimate of drug-likeness (QED) is 0.791. The van der Waals surface area contributed by atoms with Crippen LogP contribution in [0.15, 0.2) is 42.7 Å². The second-order valence-electron chi connectivity index (χ2n) is 6.62. The van der Waals surface area contributed by atoms with Crippen molar-refractivity contribution in [2.45, 2.75) is 31.6 Å². The van der Waals surface area contributed by atoms with Gasteiger partial charge in [0.2, 0.25) is 0 Å². The first-order valence-electron chi connectivity index (χ1n) is 8.85. The number of hydrogen-bond donors (Lipinski definition) is 1. The summed E-state index contributed by atoms with van der Waals surface area (Å²) in [6, 6.07) is 10.0. The van der Waals surface area contributed by atoms with Crippen molar-refractivity contribution in [2.24, 2.45) is 0 Å². The Balaban J connectivity index is 1.42. The van der Waals surface area contributed by atoms with Gasteiger partial charge >= 0.3 is 0 Å². The average Bonchev–Trinajstić information content (AvgIpc) is 3.10. The summed E-state index contributed by atoms with van der Waals surface area (Å²) < 4.78 is 13.0. The molecule has 25 heavy (non-hydrogen) atoms. The number of ether oxygens (including phenoxy) is 2. The summed E-state index contributed by atoms with van der Waals surface area (Å²) in [5, 5.41) is 14.6. The number of aliphatic hydroxyl groups excluding tert-OH is 1. The highest BCUT2D eigenvalue weighted by Gasteiger charge is 2.17. The van der Waals surface area contributed by atoms with Crippen LogP contribution in [-0.2, 0) is 16.0 Å². The first kappa shape index (κ1) is 18.1. The van der Waals surface area contributed by atoms with E-state index in [0.717, 1.165) is 43.9 Å². The lowest BCUT2D eigenvalue weighted by atomic mass is 10.1. The lowest BCUT2D eigenvalue weighted by Gasteiger charge is -2.25. The second-order valence-corrected chi connectivity index (χ2v) is 6.62. The summed E-state index contributed by atoms with van der Waals surface area (Å²) in [5.41, 5.74) is 2.16. The fourth-order valence-corrected chi connectivity index (χ4v) is 3.04. The number of hydrogen-bond acceptors (Lipinski definition) is 5. The van der Waals surface area contributed by atoms with Crippen molar-refractivity contribution >= 4 is 0 Å². The summed E-state index contributed by atoms with van der Waals surface area (Å²) in [6.45, 7) is 3.19. The van der Waals surface area contributed by atoms with Crippen molar-refractivity contribution in [3.05, 3.63) is 48.3 Å². The fourth-order valence-electron chi connectivity index (χ4n) is 3.04. The molecule has 136 valence electrons. The van der Waals surface area contributed by atoms with Gasteiger partial charge in [-0.25, -0.2) is 4.68 Å². The Labute approximate surface area is 149 Å². The van der Waals surface area contributed by atoms with E-state index in [0.29, 0.717) is 13.2 Å². The van der Waals surface area contributed by atoms with Crippen LogP contribution in [-0.4, -0.2) is 65.4 Å². The summed E-state index contributed by atoms with van der Waals surface area (Å²) in [4.78, 5) is 2.09. The van der Waals surface area contributed by atoms with E-state index in [-0.39, 0.29) is 6.10 Å². The Morgan fingerprint density at radius 1 is 1.32 bits per heavy atom. The average molecular weight is 345 g/mol. The maximum absolute atomic E-state index is 10.2. The highest BCUT2D eigenvalue weighted by Crippen LogP contribution is 2.12. The molecule has 1 saturated heterocycles. The monoisotopic (exact) mass is 345 g/mol. The first-order valence-corrected chi connectivity index (χ1v) is 8.85. The van der Waals surface area contributed by atoms with Crippen LogP contribution in [0.5, 0.6) is 0 Å². The molecule has 1 fully saturated rings. The molecule has 1 aliphatic heterocycles. The largest absolute Gasteiger partial charge is 0.389 e. The van der Waals surface area contributed by atoms with Crippen molar-refractivity contribution in [1.82, 2.24) is 14.7 Å². The van der Waals surface area contributed by atoms with Gasteiger partial charge in [0.15, 0.2) is 0 Å². The fraction of sp³-hybridized carbons (Fsp3) is 0.526. The molecule has 3 rings (SSSR count). The number of para-hydroxylation sites is 1. The molecule has 6 nitrogen and oxygen atoms in total. The second kappa shape index (κ2) is 9.10. The summed E-state index contributed by atoms with van der Waals surface area (Å²) >= 11 is 0. The zero-order chi connectivity index (χ0) is 17.5. The zero-order valence-corrected chi connectivity index (χ0v) is 14.8. The Kier molecular flexibility index (Phi) is 6.58. The topological polar surface area (TPSA) is 59.8 Å². The summed E-state index contributed by atoms with van der Waals surface area (Å²) in [5.74, 6) is 0. The van der Waals surface area contributed by atoms with Gasteiger partial charge in [0, 0.05) is 38.1 Å². The number of nitrogens with zero attached hydrogens (tertiary/aromatic N) is 3. The minimum absolute atomic E-state index is 0.220. The minimum Gasteiger partial charge on any atom is -0.389 e. The highest BCUT2D eigenvalue weighted by molar-refractivity contribution is 5.30. The van der Waals surface area contributed by atoms with Crippen LogP contribution >= 0.6 is 0 Å².